The lowest BCUT2D eigenvalue weighted by Gasteiger charge is -2.13. The van der Waals surface area contributed by atoms with Crippen LogP contribution in [0.1, 0.15) is 17.7 Å². The molecule has 1 rings (SSSR count). The van der Waals surface area contributed by atoms with Gasteiger partial charge in [0.15, 0.2) is 5.75 Å². The molecule has 2 N–H and O–H groups in total. The summed E-state index contributed by atoms with van der Waals surface area (Å²) in [6, 6.07) is 0.606. The van der Waals surface area contributed by atoms with Gasteiger partial charge in [0.1, 0.15) is 3.70 Å². The molecule has 0 spiro atoms. The molecule has 0 bridgehead atoms. The third-order valence-corrected chi connectivity index (χ3v) is 2.48. The minimum absolute atomic E-state index is 0.154. The third-order valence-electron chi connectivity index (χ3n) is 1.71. The van der Waals surface area contributed by atoms with Crippen molar-refractivity contribution < 1.29 is 26.7 Å². The van der Waals surface area contributed by atoms with E-state index in [1.165, 1.54) is 22.6 Å². The van der Waals surface area contributed by atoms with E-state index in [9.17, 15) is 22.0 Å². The van der Waals surface area contributed by atoms with Gasteiger partial charge in [-0.2, -0.15) is 0 Å². The Labute approximate surface area is 106 Å². The van der Waals surface area contributed by atoms with Crippen molar-refractivity contribution in [2.75, 3.05) is 0 Å². The number of aromatic nitrogens is 1. The van der Waals surface area contributed by atoms with Crippen LogP contribution in [0.5, 0.6) is 5.75 Å². The average Bonchev–Trinajstić information content (AvgIpc) is 2.18. The lowest BCUT2D eigenvalue weighted by atomic mass is 10.2. The largest absolute Gasteiger partial charge is 0.573 e. The van der Waals surface area contributed by atoms with Crippen LogP contribution < -0.4 is 10.5 Å². The number of nitrogens with two attached hydrogens (primary N) is 1. The van der Waals surface area contributed by atoms with Crippen molar-refractivity contribution in [3.05, 3.63) is 21.0 Å². The van der Waals surface area contributed by atoms with Crippen molar-refractivity contribution in [1.82, 2.24) is 4.98 Å². The van der Waals surface area contributed by atoms with E-state index in [-0.39, 0.29) is 15.9 Å². The molecule has 0 aromatic carbocycles. The van der Waals surface area contributed by atoms with Crippen LogP contribution >= 0.6 is 22.6 Å². The molecule has 3 nitrogen and oxygen atoms in total. The maximum Gasteiger partial charge on any atom is 0.573 e. The molecule has 0 fully saturated rings. The molecule has 0 aliphatic rings. The Kier molecular flexibility index (Phi) is 4.47. The van der Waals surface area contributed by atoms with Crippen molar-refractivity contribution in [2.45, 2.75) is 19.3 Å². The standard InChI is InChI=1S/C8H6F5IN2O/c9-6(10)3-1-5(17-8(11,12)13)7(14)16-4(3)2-15/h1,6H,2,15H2. The third kappa shape index (κ3) is 3.91. The van der Waals surface area contributed by atoms with Gasteiger partial charge in [0.05, 0.1) is 5.69 Å². The highest BCUT2D eigenvalue weighted by Crippen LogP contribution is 2.32. The number of hydrogen-bond donors (Lipinski definition) is 1. The molecule has 1 heterocycles. The molecule has 0 saturated heterocycles. The van der Waals surface area contributed by atoms with Crippen LogP contribution in [0, 0.1) is 3.70 Å². The number of pyridine rings is 1. The van der Waals surface area contributed by atoms with E-state index in [0.29, 0.717) is 6.07 Å². The van der Waals surface area contributed by atoms with Gasteiger partial charge in [0.25, 0.3) is 6.43 Å². The summed E-state index contributed by atoms with van der Waals surface area (Å²) in [6.07, 6.45) is -7.92. The van der Waals surface area contributed by atoms with Crippen LogP contribution in [0.4, 0.5) is 22.0 Å². The summed E-state index contributed by atoms with van der Waals surface area (Å²) in [5.41, 5.74) is 4.36. The van der Waals surface area contributed by atoms with Gasteiger partial charge in [-0.15, -0.1) is 13.2 Å². The molecule has 1 aromatic heterocycles. The molecule has 0 aliphatic heterocycles. The summed E-state index contributed by atoms with van der Waals surface area (Å²) >= 11 is 1.45. The molecule has 0 aliphatic carbocycles. The van der Waals surface area contributed by atoms with E-state index in [4.69, 9.17) is 5.73 Å². The lowest BCUT2D eigenvalue weighted by molar-refractivity contribution is -0.275. The Hall–Kier alpha value is -0.710. The molecule has 0 amide bonds. The molecule has 9 heteroatoms. The quantitative estimate of drug-likeness (QED) is 0.507. The van der Waals surface area contributed by atoms with Crippen LogP contribution in [-0.4, -0.2) is 11.3 Å². The van der Waals surface area contributed by atoms with Crippen molar-refractivity contribution in [3.63, 3.8) is 0 Å². The van der Waals surface area contributed by atoms with E-state index in [2.05, 4.69) is 9.72 Å². The summed E-state index contributed by atoms with van der Waals surface area (Å²) in [4.78, 5) is 3.55. The fraction of sp³-hybridized carbons (Fsp3) is 0.375. The highest BCUT2D eigenvalue weighted by Gasteiger charge is 2.33. The Morgan fingerprint density at radius 1 is 1.41 bits per heavy atom. The summed E-state index contributed by atoms with van der Waals surface area (Å²) in [7, 11) is 0. The highest BCUT2D eigenvalue weighted by atomic mass is 127. The maximum absolute atomic E-state index is 12.5. The number of hydrogen-bond acceptors (Lipinski definition) is 3. The molecule has 0 unspecified atom stereocenters. The Bertz CT molecular complexity index is 410. The molecule has 0 saturated carbocycles. The number of halogens is 6. The first-order valence-electron chi connectivity index (χ1n) is 4.18. The molecule has 0 atom stereocenters. The van der Waals surface area contributed by atoms with Crippen LogP contribution in [0.15, 0.2) is 6.07 Å². The monoisotopic (exact) mass is 368 g/mol. The SMILES string of the molecule is NCc1nc(I)c(OC(F)(F)F)cc1C(F)F. The van der Waals surface area contributed by atoms with Gasteiger partial charge in [0, 0.05) is 12.1 Å². The van der Waals surface area contributed by atoms with Gasteiger partial charge < -0.3 is 10.5 Å². The zero-order chi connectivity index (χ0) is 13.2. The van der Waals surface area contributed by atoms with Crippen molar-refractivity contribution >= 4 is 22.6 Å². The van der Waals surface area contributed by atoms with Crippen molar-refractivity contribution in [2.24, 2.45) is 5.73 Å². The van der Waals surface area contributed by atoms with Gasteiger partial charge in [-0.3, -0.25) is 0 Å². The number of alkyl halides is 5. The predicted octanol–water partition coefficient (Wildman–Crippen LogP) is 2.98. The maximum atomic E-state index is 12.5. The van der Waals surface area contributed by atoms with Crippen molar-refractivity contribution in [3.8, 4) is 5.75 Å². The van der Waals surface area contributed by atoms with Gasteiger partial charge in [-0.1, -0.05) is 0 Å². The van der Waals surface area contributed by atoms with Crippen LogP contribution in [-0.2, 0) is 6.54 Å². The summed E-state index contributed by atoms with van der Waals surface area (Å²) < 4.78 is 64.4. The predicted molar refractivity (Wildman–Crippen MR) is 56.5 cm³/mol. The van der Waals surface area contributed by atoms with Gasteiger partial charge in [-0.25, -0.2) is 13.8 Å². The molecular formula is C8H6F5IN2O. The minimum atomic E-state index is -4.95. The fourth-order valence-electron chi connectivity index (χ4n) is 1.07. The van der Waals surface area contributed by atoms with Crippen LogP contribution in [0.3, 0.4) is 0 Å². The summed E-state index contributed by atoms with van der Waals surface area (Å²) in [5, 5.41) is 0. The van der Waals surface area contributed by atoms with Crippen LogP contribution in [0.2, 0.25) is 0 Å². The van der Waals surface area contributed by atoms with Gasteiger partial charge in [-0.05, 0) is 28.7 Å². The first-order chi connectivity index (χ1) is 7.74. The van der Waals surface area contributed by atoms with E-state index >= 15 is 0 Å². The Morgan fingerprint density at radius 2 is 2.00 bits per heavy atom. The first kappa shape index (κ1) is 14.4. The lowest BCUT2D eigenvalue weighted by Crippen LogP contribution is -2.19. The second kappa shape index (κ2) is 5.29. The topological polar surface area (TPSA) is 48.1 Å². The van der Waals surface area contributed by atoms with Crippen molar-refractivity contribution in [1.29, 1.82) is 0 Å². The normalized spacial score (nSPS) is 12.0. The van der Waals surface area contributed by atoms with E-state index < -0.39 is 24.1 Å². The number of rotatable bonds is 3. The summed E-state index contributed by atoms with van der Waals surface area (Å²) in [5.74, 6) is -0.759. The Morgan fingerprint density at radius 3 is 2.41 bits per heavy atom. The molecule has 0 radical (unpaired) electrons. The van der Waals surface area contributed by atoms with E-state index in [1.807, 2.05) is 0 Å². The summed E-state index contributed by atoms with van der Waals surface area (Å²) in [6.45, 7) is -0.290. The second-order valence-electron chi connectivity index (χ2n) is 2.87. The van der Waals surface area contributed by atoms with Gasteiger partial charge >= 0.3 is 6.36 Å². The zero-order valence-corrected chi connectivity index (χ0v) is 10.2. The smallest absolute Gasteiger partial charge is 0.403 e. The highest BCUT2D eigenvalue weighted by molar-refractivity contribution is 14.1. The molecular weight excluding hydrogens is 362 g/mol. The molecule has 96 valence electrons. The molecule has 1 aromatic rings. The minimum Gasteiger partial charge on any atom is -0.403 e. The Balaban J connectivity index is 3.20. The number of nitrogens with zero attached hydrogens (tertiary/aromatic N) is 1. The van der Waals surface area contributed by atoms with Crippen LogP contribution in [0.25, 0.3) is 0 Å². The van der Waals surface area contributed by atoms with E-state index in [0.717, 1.165) is 0 Å². The first-order valence-corrected chi connectivity index (χ1v) is 5.25. The van der Waals surface area contributed by atoms with E-state index in [1.54, 1.807) is 0 Å². The average molecular weight is 368 g/mol. The second-order valence-corrected chi connectivity index (χ2v) is 3.89. The fourth-order valence-corrected chi connectivity index (χ4v) is 1.63. The number of ether oxygens (including phenoxy) is 1. The zero-order valence-electron chi connectivity index (χ0n) is 8.06. The van der Waals surface area contributed by atoms with Gasteiger partial charge in [0.2, 0.25) is 0 Å². The molecule has 17 heavy (non-hydrogen) atoms.